The van der Waals surface area contributed by atoms with Gasteiger partial charge in [0.05, 0.1) is 16.2 Å². The number of aromatic amines is 1. The lowest BCUT2D eigenvalue weighted by molar-refractivity contribution is -0.344. The number of nitrogens with one attached hydrogen (secondary N) is 1. The number of hydrogen-bond donors (Lipinski definition) is 0. The number of sulfone groups is 1. The molecule has 0 saturated heterocycles. The van der Waals surface area contributed by atoms with Gasteiger partial charge in [-0.2, -0.15) is 0 Å². The minimum absolute atomic E-state index is 0.0690. The predicted molar refractivity (Wildman–Crippen MR) is 148 cm³/mol. The molecule has 0 amide bonds. The number of aromatic nitrogens is 1. The summed E-state index contributed by atoms with van der Waals surface area (Å²) >= 11 is 0. The normalized spacial score (nSPS) is 11.6. The van der Waals surface area contributed by atoms with E-state index in [2.05, 4.69) is 43.1 Å². The highest BCUT2D eigenvalue weighted by molar-refractivity contribution is 7.90. The summed E-state index contributed by atoms with van der Waals surface area (Å²) in [4.78, 5) is 3.73. The summed E-state index contributed by atoms with van der Waals surface area (Å²) in [6.45, 7) is 4.68. The van der Waals surface area contributed by atoms with Crippen molar-refractivity contribution in [3.63, 3.8) is 0 Å². The first kappa shape index (κ1) is 24.7. The molecule has 0 atom stereocenters. The molecule has 186 valence electrons. The Morgan fingerprint density at radius 3 is 2.32 bits per heavy atom. The first-order valence-electron chi connectivity index (χ1n) is 12.4. The molecule has 4 nitrogen and oxygen atoms in total. The fourth-order valence-electron chi connectivity index (χ4n) is 4.49. The highest BCUT2D eigenvalue weighted by Crippen LogP contribution is 2.32. The van der Waals surface area contributed by atoms with Crippen LogP contribution in [-0.4, -0.2) is 8.42 Å². The fourth-order valence-corrected chi connectivity index (χ4v) is 5.92. The topological polar surface area (TPSA) is 57.5 Å². The average Bonchev–Trinajstić information content (AvgIpc) is 2.92. The largest absolute Gasteiger partial charge is 0.489 e. The maximum Gasteiger partial charge on any atom is 0.218 e. The van der Waals surface area contributed by atoms with E-state index in [4.69, 9.17) is 4.74 Å². The summed E-state index contributed by atoms with van der Waals surface area (Å²) in [7, 11) is -3.45. The molecule has 0 aliphatic carbocycles. The molecule has 0 saturated carbocycles. The van der Waals surface area contributed by atoms with Gasteiger partial charge in [-0.15, -0.1) is 0 Å². The zero-order valence-corrected chi connectivity index (χ0v) is 21.8. The van der Waals surface area contributed by atoms with Crippen LogP contribution in [0.3, 0.4) is 0 Å². The predicted octanol–water partition coefficient (Wildman–Crippen LogP) is 7.00. The summed E-state index contributed by atoms with van der Waals surface area (Å²) in [6.07, 6.45) is 1.95. The summed E-state index contributed by atoms with van der Waals surface area (Å²) in [6, 6.07) is 32.8. The van der Waals surface area contributed by atoms with Gasteiger partial charge in [0.15, 0.2) is 16.0 Å². The second-order valence-electron chi connectivity index (χ2n) is 9.51. The lowest BCUT2D eigenvalue weighted by atomic mass is 9.94. The van der Waals surface area contributed by atoms with Gasteiger partial charge in [0, 0.05) is 11.5 Å². The van der Waals surface area contributed by atoms with Gasteiger partial charge < -0.3 is 4.74 Å². The quantitative estimate of drug-likeness (QED) is 0.227. The molecule has 0 unspecified atom stereocenters. The van der Waals surface area contributed by atoms with Crippen molar-refractivity contribution in [1.82, 2.24) is 0 Å². The van der Waals surface area contributed by atoms with E-state index in [0.29, 0.717) is 10.8 Å². The maximum atomic E-state index is 13.0. The molecule has 0 aliphatic rings. The van der Waals surface area contributed by atoms with Gasteiger partial charge in [-0.1, -0.05) is 68.4 Å². The molecule has 5 heteroatoms. The van der Waals surface area contributed by atoms with Crippen LogP contribution in [0.2, 0.25) is 0 Å². The summed E-state index contributed by atoms with van der Waals surface area (Å²) in [5.74, 6) is 1.07. The Kier molecular flexibility index (Phi) is 7.06. The van der Waals surface area contributed by atoms with Crippen LogP contribution in [-0.2, 0) is 22.2 Å². The Bertz CT molecular complexity index is 1640. The average molecular weight is 509 g/mol. The van der Waals surface area contributed by atoms with E-state index in [9.17, 15) is 8.42 Å². The van der Waals surface area contributed by atoms with Gasteiger partial charge in [0.2, 0.25) is 5.52 Å². The molecule has 5 aromatic rings. The molecule has 0 radical (unpaired) electrons. The van der Waals surface area contributed by atoms with Crippen molar-refractivity contribution >= 4 is 20.7 Å². The summed E-state index contributed by atoms with van der Waals surface area (Å²) in [5.41, 5.74) is 6.15. The second-order valence-corrected chi connectivity index (χ2v) is 11.5. The first-order valence-corrected chi connectivity index (χ1v) is 14.1. The Morgan fingerprint density at radius 1 is 0.784 bits per heavy atom. The van der Waals surface area contributed by atoms with Crippen LogP contribution >= 0.6 is 0 Å². The van der Waals surface area contributed by atoms with Crippen LogP contribution in [0.5, 0.6) is 5.75 Å². The first-order chi connectivity index (χ1) is 17.9. The van der Waals surface area contributed by atoms with Crippen molar-refractivity contribution in [3.05, 3.63) is 126 Å². The Hall–Kier alpha value is -3.96. The van der Waals surface area contributed by atoms with Gasteiger partial charge in [-0.3, -0.25) is 0 Å². The van der Waals surface area contributed by atoms with Gasteiger partial charge in [0.1, 0.15) is 12.4 Å². The summed E-state index contributed by atoms with van der Waals surface area (Å²) in [5, 5.41) is 1.17. The zero-order chi connectivity index (χ0) is 25.8. The second kappa shape index (κ2) is 10.6. The number of H-pyrrole nitrogens is 1. The van der Waals surface area contributed by atoms with E-state index >= 15 is 0 Å². The van der Waals surface area contributed by atoms with Crippen molar-refractivity contribution in [2.45, 2.75) is 37.0 Å². The van der Waals surface area contributed by atoms with Gasteiger partial charge in [0.25, 0.3) is 0 Å². The summed E-state index contributed by atoms with van der Waals surface area (Å²) < 4.78 is 32.1. The number of rotatable bonds is 8. The minimum Gasteiger partial charge on any atom is -0.489 e. The highest BCUT2D eigenvalue weighted by atomic mass is 32.2. The molecule has 37 heavy (non-hydrogen) atoms. The smallest absolute Gasteiger partial charge is 0.218 e. The third-order valence-corrected chi connectivity index (χ3v) is 8.24. The molecule has 0 bridgehead atoms. The van der Waals surface area contributed by atoms with Crippen molar-refractivity contribution in [3.8, 4) is 16.9 Å². The van der Waals surface area contributed by atoms with Crippen LogP contribution in [0.4, 0.5) is 0 Å². The number of hydrogen-bond acceptors (Lipinski definition) is 3. The molecule has 1 heterocycles. The molecule has 0 aliphatic heterocycles. The van der Waals surface area contributed by atoms with Crippen LogP contribution in [0.15, 0.2) is 114 Å². The Balaban J connectivity index is 1.41. The van der Waals surface area contributed by atoms with Gasteiger partial charge >= 0.3 is 0 Å². The third-order valence-electron chi connectivity index (χ3n) is 6.56. The van der Waals surface area contributed by atoms with E-state index in [1.54, 1.807) is 24.3 Å². The number of ether oxygens (including phenoxy) is 1. The third kappa shape index (κ3) is 5.57. The molecular formula is C32H30NO3S+. The number of fused-ring (bicyclic) bond motifs is 1. The highest BCUT2D eigenvalue weighted by Gasteiger charge is 2.18. The van der Waals surface area contributed by atoms with Crippen molar-refractivity contribution in [1.29, 1.82) is 0 Å². The standard InChI is InChI=1S/C32H29NO3S/c1-23(2)28-18-25-13-9-17-33-32(25)31(20-28)24-12-8-14-29(19-24)36-21-26-10-6-7-11-27(26)22-37(34,35)30-15-4-3-5-16-30/h3-20,23H,21-22H2,1-2H3/p+1. The van der Waals surface area contributed by atoms with Crippen LogP contribution < -0.4 is 9.72 Å². The maximum absolute atomic E-state index is 13.0. The van der Waals surface area contributed by atoms with E-state index in [-0.39, 0.29) is 12.4 Å². The van der Waals surface area contributed by atoms with E-state index in [1.807, 2.05) is 60.8 Å². The minimum atomic E-state index is -3.45. The molecule has 1 N–H and O–H groups in total. The van der Waals surface area contributed by atoms with Crippen LogP contribution in [0.1, 0.15) is 36.5 Å². The molecule has 0 spiro atoms. The van der Waals surface area contributed by atoms with Crippen molar-refractivity contribution < 1.29 is 18.1 Å². The van der Waals surface area contributed by atoms with E-state index in [0.717, 1.165) is 33.5 Å². The van der Waals surface area contributed by atoms with Crippen molar-refractivity contribution in [2.75, 3.05) is 0 Å². The zero-order valence-electron chi connectivity index (χ0n) is 21.0. The molecular weight excluding hydrogens is 478 g/mol. The lowest BCUT2D eigenvalue weighted by Crippen LogP contribution is -2.08. The SMILES string of the molecule is CC(C)c1cc(-c2cccc(OCc3ccccc3CS(=O)(=O)c3ccccc3)c2)c2[nH+]cccc2c1. The monoisotopic (exact) mass is 508 g/mol. The van der Waals surface area contributed by atoms with Gasteiger partial charge in [-0.05, 0) is 70.6 Å². The Labute approximate surface area is 218 Å². The van der Waals surface area contributed by atoms with Crippen LogP contribution in [0, 0.1) is 0 Å². The van der Waals surface area contributed by atoms with E-state index in [1.165, 1.54) is 10.9 Å². The van der Waals surface area contributed by atoms with E-state index < -0.39 is 9.84 Å². The lowest BCUT2D eigenvalue weighted by Gasteiger charge is -2.13. The van der Waals surface area contributed by atoms with Crippen molar-refractivity contribution in [2.24, 2.45) is 0 Å². The number of pyridine rings is 1. The molecule has 4 aromatic carbocycles. The van der Waals surface area contributed by atoms with Crippen LogP contribution in [0.25, 0.3) is 22.0 Å². The Morgan fingerprint density at radius 2 is 1.54 bits per heavy atom. The van der Waals surface area contributed by atoms with Gasteiger partial charge in [-0.25, -0.2) is 13.4 Å². The number of benzene rings is 4. The fraction of sp³-hybridized carbons (Fsp3) is 0.156. The molecule has 1 aromatic heterocycles. The molecule has 5 rings (SSSR count). The molecule has 0 fully saturated rings.